The summed E-state index contributed by atoms with van der Waals surface area (Å²) >= 11 is 0. The molecule has 16 nitrogen and oxygen atoms in total. The van der Waals surface area contributed by atoms with E-state index in [1.165, 1.54) is 0 Å². The first-order chi connectivity index (χ1) is 16.6. The molecule has 0 bridgehead atoms. The summed E-state index contributed by atoms with van der Waals surface area (Å²) < 4.78 is 93.0. The predicted molar refractivity (Wildman–Crippen MR) is 98.9 cm³/mol. The SMILES string of the molecule is [2H]C([2H])(CCCC([2H])([2H])C(=O)ON1C(=O)CC(S(=O)(=O)O)C1=O)C(=O)ON1C(=O)CC(S(=O)(=O)O)C1=O. The van der Waals surface area contributed by atoms with Crippen LogP contribution in [-0.2, 0) is 58.7 Å². The molecule has 0 aromatic heterocycles. The summed E-state index contributed by atoms with van der Waals surface area (Å²) in [5.41, 5.74) is 0. The molecule has 0 aliphatic carbocycles. The molecule has 2 N–H and O–H groups in total. The maximum atomic E-state index is 12.1. The van der Waals surface area contributed by atoms with Gasteiger partial charge in [-0.05, 0) is 12.8 Å². The van der Waals surface area contributed by atoms with Crippen LogP contribution in [0.3, 0.4) is 0 Å². The molecule has 2 unspecified atom stereocenters. The summed E-state index contributed by atoms with van der Waals surface area (Å²) in [4.78, 5) is 80.0. The first-order valence-corrected chi connectivity index (χ1v) is 11.7. The number of hydrogen-bond acceptors (Lipinski definition) is 12. The lowest BCUT2D eigenvalue weighted by molar-refractivity contribution is -0.197. The van der Waals surface area contributed by atoms with Gasteiger partial charge < -0.3 is 9.68 Å². The van der Waals surface area contributed by atoms with Crippen LogP contribution >= 0.6 is 0 Å². The minimum atomic E-state index is -5.02. The van der Waals surface area contributed by atoms with Gasteiger partial charge in [-0.1, -0.05) is 6.42 Å². The summed E-state index contributed by atoms with van der Waals surface area (Å²) in [7, 11) is -10.0. The van der Waals surface area contributed by atoms with Crippen molar-refractivity contribution in [3.63, 3.8) is 0 Å². The average molecular weight is 518 g/mol. The largest absolute Gasteiger partial charge is 0.333 e. The highest BCUT2D eigenvalue weighted by Gasteiger charge is 2.49. The second kappa shape index (κ2) is 9.89. The Morgan fingerprint density at radius 2 is 1.12 bits per heavy atom. The molecule has 2 saturated heterocycles. The number of rotatable bonds is 10. The van der Waals surface area contributed by atoms with Crippen molar-refractivity contribution in [3.05, 3.63) is 0 Å². The van der Waals surface area contributed by atoms with Crippen molar-refractivity contribution < 1.29 is 69.9 Å². The average Bonchev–Trinajstić information content (AvgIpc) is 3.18. The van der Waals surface area contributed by atoms with Gasteiger partial charge in [-0.15, -0.1) is 10.1 Å². The molecular formula is C15H18N2O14S2. The topological polar surface area (TPSA) is 236 Å². The highest BCUT2D eigenvalue weighted by Crippen LogP contribution is 2.21. The fraction of sp³-hybridized carbons (Fsp3) is 0.600. The number of nitrogens with zero attached hydrogens (tertiary/aromatic N) is 2. The lowest BCUT2D eigenvalue weighted by atomic mass is 10.1. The van der Waals surface area contributed by atoms with E-state index in [0.717, 1.165) is 0 Å². The third-order valence-corrected chi connectivity index (χ3v) is 6.26. The molecule has 2 rings (SSSR count). The van der Waals surface area contributed by atoms with Gasteiger partial charge in [0.2, 0.25) is 0 Å². The van der Waals surface area contributed by atoms with Crippen molar-refractivity contribution in [2.75, 3.05) is 0 Å². The third kappa shape index (κ3) is 6.53. The van der Waals surface area contributed by atoms with Crippen LogP contribution in [0.15, 0.2) is 0 Å². The van der Waals surface area contributed by atoms with Crippen molar-refractivity contribution >= 4 is 55.8 Å². The fourth-order valence-electron chi connectivity index (χ4n) is 2.52. The molecule has 2 aliphatic heterocycles. The van der Waals surface area contributed by atoms with E-state index < -0.39 is 111 Å². The van der Waals surface area contributed by atoms with Gasteiger partial charge in [-0.2, -0.15) is 16.8 Å². The van der Waals surface area contributed by atoms with Crippen molar-refractivity contribution in [1.29, 1.82) is 0 Å². The zero-order valence-electron chi connectivity index (χ0n) is 20.2. The van der Waals surface area contributed by atoms with E-state index in [4.69, 9.17) is 14.6 Å². The van der Waals surface area contributed by atoms with Crippen molar-refractivity contribution in [1.82, 2.24) is 10.1 Å². The first kappa shape index (κ1) is 20.6. The Labute approximate surface area is 191 Å². The molecule has 0 aromatic carbocycles. The Morgan fingerprint density at radius 3 is 1.39 bits per heavy atom. The molecule has 4 amide bonds. The van der Waals surface area contributed by atoms with Gasteiger partial charge in [0.15, 0.2) is 10.5 Å². The van der Waals surface area contributed by atoms with E-state index in [1.807, 2.05) is 0 Å². The third-order valence-electron chi connectivity index (χ3n) is 4.08. The Hall–Kier alpha value is -2.96. The maximum absolute atomic E-state index is 12.1. The quantitative estimate of drug-likeness (QED) is 0.232. The number of carbonyl (C=O) groups is 6. The Morgan fingerprint density at radius 1 is 0.788 bits per heavy atom. The second-order valence-corrected chi connectivity index (χ2v) is 9.63. The van der Waals surface area contributed by atoms with Crippen molar-refractivity contribution in [2.45, 2.75) is 55.3 Å². The molecule has 2 fully saturated rings. The molecule has 33 heavy (non-hydrogen) atoms. The lowest BCUT2D eigenvalue weighted by Gasteiger charge is -2.13. The number of hydroxylamine groups is 4. The molecule has 2 aliphatic rings. The maximum Gasteiger partial charge on any atom is 0.333 e. The summed E-state index contributed by atoms with van der Waals surface area (Å²) in [6.45, 7) is 0. The van der Waals surface area contributed by atoms with Gasteiger partial charge in [0.05, 0.1) is 12.8 Å². The molecule has 0 saturated carbocycles. The standard InChI is InChI=1S/C15H18N2O14S2/c18-10-6-8(32(24,25)26)14(22)16(10)30-12(20)4-2-1-3-5-13(21)31-17-11(19)7-9(15(17)23)33(27,28)29/h8-9H,1-7H2,(H,24,25,26)(H,27,28,29)/i4D2,5D2. The van der Waals surface area contributed by atoms with Crippen LogP contribution in [0, 0.1) is 0 Å². The number of amides is 4. The van der Waals surface area contributed by atoms with Crippen LogP contribution in [-0.4, -0.2) is 82.1 Å². The zero-order chi connectivity index (χ0) is 28.7. The molecule has 0 radical (unpaired) electrons. The summed E-state index contributed by atoms with van der Waals surface area (Å²) in [5, 5.41) is -5.17. The summed E-state index contributed by atoms with van der Waals surface area (Å²) in [6.07, 6.45) is -10.5. The summed E-state index contributed by atoms with van der Waals surface area (Å²) in [6, 6.07) is 0. The Bertz CT molecular complexity index is 1170. The van der Waals surface area contributed by atoms with Crippen molar-refractivity contribution in [2.24, 2.45) is 0 Å². The van der Waals surface area contributed by atoms with E-state index in [-0.39, 0.29) is 10.1 Å². The fourth-order valence-corrected chi connectivity index (χ4v) is 3.93. The van der Waals surface area contributed by atoms with E-state index in [1.54, 1.807) is 0 Å². The second-order valence-electron chi connectivity index (χ2n) is 6.43. The van der Waals surface area contributed by atoms with Gasteiger partial charge in [0, 0.05) is 18.2 Å². The van der Waals surface area contributed by atoms with Gasteiger partial charge in [-0.25, -0.2) is 9.59 Å². The predicted octanol–water partition coefficient (Wildman–Crippen LogP) is -2.12. The van der Waals surface area contributed by atoms with Crippen LogP contribution in [0.2, 0.25) is 0 Å². The van der Waals surface area contributed by atoms with Gasteiger partial charge in [-0.3, -0.25) is 28.3 Å². The van der Waals surface area contributed by atoms with E-state index in [9.17, 15) is 45.6 Å². The summed E-state index contributed by atoms with van der Waals surface area (Å²) in [5.74, 6) is -9.73. The Kier molecular flexibility index (Phi) is 6.19. The molecule has 0 spiro atoms. The number of hydrogen-bond donors (Lipinski definition) is 2. The zero-order valence-corrected chi connectivity index (χ0v) is 17.8. The van der Waals surface area contributed by atoms with Gasteiger partial charge in [0.25, 0.3) is 43.9 Å². The molecule has 2 atom stereocenters. The van der Waals surface area contributed by atoms with E-state index in [2.05, 4.69) is 9.68 Å². The van der Waals surface area contributed by atoms with Crippen LogP contribution in [0.5, 0.6) is 0 Å². The van der Waals surface area contributed by atoms with Gasteiger partial charge in [0.1, 0.15) is 0 Å². The van der Waals surface area contributed by atoms with Crippen LogP contribution in [0.25, 0.3) is 0 Å². The normalized spacial score (nSPS) is 24.3. The van der Waals surface area contributed by atoms with E-state index >= 15 is 0 Å². The minimum absolute atomic E-state index is 0.334. The Balaban J connectivity index is 1.96. The van der Waals surface area contributed by atoms with Crippen LogP contribution < -0.4 is 0 Å². The van der Waals surface area contributed by atoms with Crippen molar-refractivity contribution in [3.8, 4) is 0 Å². The highest BCUT2D eigenvalue weighted by molar-refractivity contribution is 7.87. The lowest BCUT2D eigenvalue weighted by Crippen LogP contribution is -2.36. The van der Waals surface area contributed by atoms with Crippen LogP contribution in [0.4, 0.5) is 0 Å². The number of carbonyl (C=O) groups excluding carboxylic acids is 6. The molecule has 2 heterocycles. The highest BCUT2D eigenvalue weighted by atomic mass is 32.2. The van der Waals surface area contributed by atoms with E-state index in [0.29, 0.717) is 0 Å². The van der Waals surface area contributed by atoms with Crippen LogP contribution in [0.1, 0.15) is 50.3 Å². The molecule has 18 heteroatoms. The number of imide groups is 2. The molecule has 0 aromatic rings. The minimum Gasteiger partial charge on any atom is -0.330 e. The smallest absolute Gasteiger partial charge is 0.330 e. The van der Waals surface area contributed by atoms with Gasteiger partial charge >= 0.3 is 11.9 Å². The monoisotopic (exact) mass is 518 g/mol. The molecule has 184 valence electrons. The molecular weight excluding hydrogens is 496 g/mol. The first-order valence-electron chi connectivity index (χ1n) is 10.7.